The minimum absolute atomic E-state index is 0.0494. The summed E-state index contributed by atoms with van der Waals surface area (Å²) in [6.07, 6.45) is 3.66. The summed E-state index contributed by atoms with van der Waals surface area (Å²) in [6, 6.07) is 7.53. The number of para-hydroxylation sites is 1. The zero-order valence-corrected chi connectivity index (χ0v) is 12.8. The largest absolute Gasteiger partial charge is 0.377 e. The maximum atomic E-state index is 12.2. The Kier molecular flexibility index (Phi) is 4.98. The minimum atomic E-state index is -0.0494. The number of anilines is 1. The van der Waals surface area contributed by atoms with Crippen LogP contribution in [0.1, 0.15) is 30.0 Å². The van der Waals surface area contributed by atoms with Gasteiger partial charge in [0.25, 0.3) is 5.91 Å². The van der Waals surface area contributed by atoms with Crippen LogP contribution in [-0.2, 0) is 13.6 Å². The van der Waals surface area contributed by atoms with Crippen molar-refractivity contribution >= 4 is 11.6 Å². The van der Waals surface area contributed by atoms with E-state index in [1.807, 2.05) is 42.1 Å². The first-order chi connectivity index (χ1) is 10.1. The van der Waals surface area contributed by atoms with Crippen LogP contribution in [0.15, 0.2) is 36.7 Å². The molecule has 0 spiro atoms. The van der Waals surface area contributed by atoms with E-state index in [1.165, 1.54) is 0 Å². The Labute approximate surface area is 125 Å². The lowest BCUT2D eigenvalue weighted by molar-refractivity contribution is 0.0950. The molecule has 112 valence electrons. The predicted octanol–water partition coefficient (Wildman–Crippen LogP) is 2.42. The van der Waals surface area contributed by atoms with Crippen molar-refractivity contribution in [1.82, 2.24) is 14.9 Å². The van der Waals surface area contributed by atoms with Crippen molar-refractivity contribution in [3.63, 3.8) is 0 Å². The highest BCUT2D eigenvalue weighted by molar-refractivity contribution is 5.99. The van der Waals surface area contributed by atoms with Crippen LogP contribution in [0.5, 0.6) is 0 Å². The molecule has 1 aromatic carbocycles. The van der Waals surface area contributed by atoms with Crippen molar-refractivity contribution in [2.75, 3.05) is 11.9 Å². The van der Waals surface area contributed by atoms with Gasteiger partial charge in [0.05, 0.1) is 12.1 Å². The molecule has 0 bridgehead atoms. The van der Waals surface area contributed by atoms with Gasteiger partial charge in [-0.1, -0.05) is 26.0 Å². The number of imidazole rings is 1. The lowest BCUT2D eigenvalue weighted by Crippen LogP contribution is -2.28. The molecule has 0 aliphatic carbocycles. The van der Waals surface area contributed by atoms with Crippen molar-refractivity contribution < 1.29 is 4.79 Å². The van der Waals surface area contributed by atoms with E-state index in [0.29, 0.717) is 24.6 Å². The monoisotopic (exact) mass is 286 g/mol. The molecule has 0 unspecified atom stereocenters. The lowest BCUT2D eigenvalue weighted by atomic mass is 10.1. The van der Waals surface area contributed by atoms with Gasteiger partial charge < -0.3 is 15.2 Å². The van der Waals surface area contributed by atoms with Crippen LogP contribution >= 0.6 is 0 Å². The molecule has 5 nitrogen and oxygen atoms in total. The van der Waals surface area contributed by atoms with Crippen LogP contribution in [0.3, 0.4) is 0 Å². The van der Waals surface area contributed by atoms with E-state index in [2.05, 4.69) is 29.5 Å². The number of hydrogen-bond donors (Lipinski definition) is 2. The molecule has 0 saturated carbocycles. The summed E-state index contributed by atoms with van der Waals surface area (Å²) in [5.74, 6) is 1.31. The molecular weight excluding hydrogens is 264 g/mol. The highest BCUT2D eigenvalue weighted by Crippen LogP contribution is 2.16. The van der Waals surface area contributed by atoms with Crippen molar-refractivity contribution in [2.24, 2.45) is 13.0 Å². The van der Waals surface area contributed by atoms with Crippen LogP contribution in [0, 0.1) is 5.92 Å². The van der Waals surface area contributed by atoms with Gasteiger partial charge in [-0.2, -0.15) is 0 Å². The Morgan fingerprint density at radius 1 is 1.33 bits per heavy atom. The van der Waals surface area contributed by atoms with Gasteiger partial charge in [-0.05, 0) is 18.1 Å². The second-order valence-corrected chi connectivity index (χ2v) is 5.46. The maximum Gasteiger partial charge on any atom is 0.253 e. The molecule has 2 rings (SSSR count). The Balaban J connectivity index is 2.06. The molecule has 0 fully saturated rings. The number of benzene rings is 1. The van der Waals surface area contributed by atoms with Crippen molar-refractivity contribution in [1.29, 1.82) is 0 Å². The Hall–Kier alpha value is -2.30. The summed E-state index contributed by atoms with van der Waals surface area (Å²) in [5.41, 5.74) is 1.48. The predicted molar refractivity (Wildman–Crippen MR) is 84.1 cm³/mol. The number of aryl methyl sites for hydroxylation is 1. The summed E-state index contributed by atoms with van der Waals surface area (Å²) >= 11 is 0. The summed E-state index contributed by atoms with van der Waals surface area (Å²) in [6.45, 7) is 5.40. The highest BCUT2D eigenvalue weighted by atomic mass is 16.1. The smallest absolute Gasteiger partial charge is 0.253 e. The molecule has 1 aromatic heterocycles. The molecule has 0 atom stereocenters. The molecule has 0 saturated heterocycles. The number of amides is 1. The van der Waals surface area contributed by atoms with Crippen LogP contribution in [0.25, 0.3) is 0 Å². The first-order valence-corrected chi connectivity index (χ1v) is 7.15. The Morgan fingerprint density at radius 3 is 2.76 bits per heavy atom. The fourth-order valence-electron chi connectivity index (χ4n) is 1.97. The number of aromatic nitrogens is 2. The van der Waals surface area contributed by atoms with E-state index in [0.717, 1.165) is 11.5 Å². The minimum Gasteiger partial charge on any atom is -0.377 e. The van der Waals surface area contributed by atoms with E-state index < -0.39 is 0 Å². The van der Waals surface area contributed by atoms with E-state index in [4.69, 9.17) is 0 Å². The molecule has 2 N–H and O–H groups in total. The number of nitrogens with zero attached hydrogens (tertiary/aromatic N) is 2. The number of carbonyl (C=O) groups is 1. The number of carbonyl (C=O) groups excluding carboxylic acids is 1. The fraction of sp³-hybridized carbons (Fsp3) is 0.375. The second-order valence-electron chi connectivity index (χ2n) is 5.46. The first-order valence-electron chi connectivity index (χ1n) is 7.15. The van der Waals surface area contributed by atoms with Crippen molar-refractivity contribution in [3.8, 4) is 0 Å². The summed E-state index contributed by atoms with van der Waals surface area (Å²) in [7, 11) is 1.95. The molecule has 0 radical (unpaired) electrons. The van der Waals surface area contributed by atoms with Crippen LogP contribution in [0.2, 0.25) is 0 Å². The highest BCUT2D eigenvalue weighted by Gasteiger charge is 2.11. The van der Waals surface area contributed by atoms with Crippen LogP contribution in [0.4, 0.5) is 5.69 Å². The quantitative estimate of drug-likeness (QED) is 0.857. The molecule has 0 aliphatic heterocycles. The van der Waals surface area contributed by atoms with Crippen LogP contribution in [-0.4, -0.2) is 22.0 Å². The van der Waals surface area contributed by atoms with Gasteiger partial charge in [-0.25, -0.2) is 4.98 Å². The van der Waals surface area contributed by atoms with E-state index in [1.54, 1.807) is 6.20 Å². The van der Waals surface area contributed by atoms with Crippen molar-refractivity contribution in [2.45, 2.75) is 20.4 Å². The van der Waals surface area contributed by atoms with E-state index in [9.17, 15) is 4.79 Å². The molecule has 1 heterocycles. The molecule has 0 aliphatic rings. The van der Waals surface area contributed by atoms with Gasteiger partial charge in [0.1, 0.15) is 5.82 Å². The van der Waals surface area contributed by atoms with Gasteiger partial charge in [-0.3, -0.25) is 4.79 Å². The summed E-state index contributed by atoms with van der Waals surface area (Å²) < 4.78 is 1.95. The Bertz CT molecular complexity index is 604. The number of hydrogen-bond acceptors (Lipinski definition) is 3. The third-order valence-electron chi connectivity index (χ3n) is 3.20. The first kappa shape index (κ1) is 15.1. The lowest BCUT2D eigenvalue weighted by Gasteiger charge is -2.13. The zero-order valence-electron chi connectivity index (χ0n) is 12.8. The number of nitrogens with one attached hydrogen (secondary N) is 2. The third-order valence-corrected chi connectivity index (χ3v) is 3.20. The van der Waals surface area contributed by atoms with E-state index in [-0.39, 0.29) is 5.91 Å². The third kappa shape index (κ3) is 4.08. The number of rotatable bonds is 6. The maximum absolute atomic E-state index is 12.2. The Morgan fingerprint density at radius 2 is 2.10 bits per heavy atom. The fourth-order valence-corrected chi connectivity index (χ4v) is 1.97. The zero-order chi connectivity index (χ0) is 15.2. The normalized spacial score (nSPS) is 10.7. The SMILES string of the molecule is CC(C)CNC(=O)c1ccccc1NCc1nccn1C. The van der Waals surface area contributed by atoms with Gasteiger partial charge in [-0.15, -0.1) is 0 Å². The van der Waals surface area contributed by atoms with Gasteiger partial charge in [0.2, 0.25) is 0 Å². The van der Waals surface area contributed by atoms with Gasteiger partial charge in [0, 0.05) is 31.7 Å². The molecule has 5 heteroatoms. The summed E-state index contributed by atoms with van der Waals surface area (Å²) in [5, 5.41) is 6.22. The molecule has 2 aromatic rings. The molecule has 21 heavy (non-hydrogen) atoms. The molecule has 1 amide bonds. The van der Waals surface area contributed by atoms with Gasteiger partial charge >= 0.3 is 0 Å². The van der Waals surface area contributed by atoms with E-state index >= 15 is 0 Å². The second kappa shape index (κ2) is 6.92. The summed E-state index contributed by atoms with van der Waals surface area (Å²) in [4.78, 5) is 16.5. The standard InChI is InChI=1S/C16H22N4O/c1-12(2)10-19-16(21)13-6-4-5-7-14(13)18-11-15-17-8-9-20(15)3/h4-9,12,18H,10-11H2,1-3H3,(H,19,21). The molecular formula is C16H22N4O. The average Bonchev–Trinajstić information content (AvgIpc) is 2.88. The average molecular weight is 286 g/mol. The van der Waals surface area contributed by atoms with Crippen LogP contribution < -0.4 is 10.6 Å². The topological polar surface area (TPSA) is 59.0 Å². The van der Waals surface area contributed by atoms with Crippen molar-refractivity contribution in [3.05, 3.63) is 48.0 Å². The van der Waals surface area contributed by atoms with Gasteiger partial charge in [0.15, 0.2) is 0 Å².